The first-order chi connectivity index (χ1) is 9.42. The van der Waals surface area contributed by atoms with E-state index in [0.29, 0.717) is 0 Å². The summed E-state index contributed by atoms with van der Waals surface area (Å²) in [4.78, 5) is 11.5. The summed E-state index contributed by atoms with van der Waals surface area (Å²) < 4.78 is 44.3. The molecule has 1 atom stereocenters. The zero-order valence-corrected chi connectivity index (χ0v) is 12.3. The molecular weight excluding hydrogens is 290 g/mol. The standard InChI is InChI=1S/C12H16FO6P/c1-9(20(15,16-2)17-3)19-12(14)8-18-11-7-5-4-6-10(11)13/h4-7,9H,8H2,1-3H3. The highest BCUT2D eigenvalue weighted by Crippen LogP contribution is 2.51. The number of carbonyl (C=O) groups is 1. The second kappa shape index (κ2) is 7.38. The third-order valence-electron chi connectivity index (χ3n) is 2.44. The Morgan fingerprint density at radius 2 is 1.90 bits per heavy atom. The van der Waals surface area contributed by atoms with Gasteiger partial charge in [0.05, 0.1) is 0 Å². The van der Waals surface area contributed by atoms with Crippen LogP contribution in [0.3, 0.4) is 0 Å². The molecule has 0 aliphatic rings. The molecule has 6 nitrogen and oxygen atoms in total. The van der Waals surface area contributed by atoms with Crippen molar-refractivity contribution in [2.75, 3.05) is 20.8 Å². The minimum atomic E-state index is -3.50. The molecular formula is C12H16FO6P. The molecule has 1 aromatic rings. The summed E-state index contributed by atoms with van der Waals surface area (Å²) >= 11 is 0. The van der Waals surface area contributed by atoms with Gasteiger partial charge < -0.3 is 18.5 Å². The van der Waals surface area contributed by atoms with Crippen LogP contribution in [0.2, 0.25) is 0 Å². The van der Waals surface area contributed by atoms with Crippen molar-refractivity contribution in [1.82, 2.24) is 0 Å². The van der Waals surface area contributed by atoms with Crippen molar-refractivity contribution in [2.45, 2.75) is 12.8 Å². The zero-order valence-electron chi connectivity index (χ0n) is 11.4. The van der Waals surface area contributed by atoms with E-state index in [-0.39, 0.29) is 5.75 Å². The Morgan fingerprint density at radius 3 is 2.45 bits per heavy atom. The molecule has 0 radical (unpaired) electrons. The number of benzene rings is 1. The maximum atomic E-state index is 13.2. The first-order valence-electron chi connectivity index (χ1n) is 5.71. The van der Waals surface area contributed by atoms with Crippen molar-refractivity contribution < 1.29 is 32.3 Å². The number of para-hydroxylation sites is 1. The van der Waals surface area contributed by atoms with E-state index in [9.17, 15) is 13.8 Å². The van der Waals surface area contributed by atoms with Crippen LogP contribution in [0.1, 0.15) is 6.92 Å². The fraction of sp³-hybridized carbons (Fsp3) is 0.417. The number of halogens is 1. The maximum Gasteiger partial charge on any atom is 0.370 e. The summed E-state index contributed by atoms with van der Waals surface area (Å²) in [5.74, 6) is -2.56. The average Bonchev–Trinajstić information content (AvgIpc) is 2.45. The molecule has 1 rings (SSSR count). The van der Waals surface area contributed by atoms with Gasteiger partial charge in [0.15, 0.2) is 24.0 Å². The molecule has 8 heteroatoms. The molecule has 0 bridgehead atoms. The van der Waals surface area contributed by atoms with Crippen molar-refractivity contribution in [3.8, 4) is 5.75 Å². The van der Waals surface area contributed by atoms with Crippen LogP contribution in [-0.4, -0.2) is 32.6 Å². The van der Waals surface area contributed by atoms with Gasteiger partial charge in [-0.15, -0.1) is 0 Å². The van der Waals surface area contributed by atoms with E-state index in [0.717, 1.165) is 0 Å². The van der Waals surface area contributed by atoms with E-state index in [1.54, 1.807) is 6.07 Å². The highest BCUT2D eigenvalue weighted by Gasteiger charge is 2.33. The van der Waals surface area contributed by atoms with E-state index < -0.39 is 31.8 Å². The summed E-state index contributed by atoms with van der Waals surface area (Å²) in [6.07, 6.45) is 0. The van der Waals surface area contributed by atoms with E-state index in [1.807, 2.05) is 0 Å². The van der Waals surface area contributed by atoms with E-state index in [1.165, 1.54) is 39.3 Å². The highest BCUT2D eigenvalue weighted by molar-refractivity contribution is 7.54. The van der Waals surface area contributed by atoms with Crippen molar-refractivity contribution in [2.24, 2.45) is 0 Å². The third-order valence-corrected chi connectivity index (χ3v) is 4.45. The fourth-order valence-corrected chi connectivity index (χ4v) is 2.35. The summed E-state index contributed by atoms with van der Waals surface area (Å²) in [6.45, 7) is 0.855. The normalized spacial score (nSPS) is 12.8. The van der Waals surface area contributed by atoms with Crippen LogP contribution in [-0.2, 0) is 23.1 Å². The van der Waals surface area contributed by atoms with Gasteiger partial charge in [0, 0.05) is 14.2 Å². The molecule has 1 aromatic carbocycles. The summed E-state index contributed by atoms with van der Waals surface area (Å²) in [7, 11) is -1.13. The lowest BCUT2D eigenvalue weighted by atomic mass is 10.3. The SMILES string of the molecule is COP(=O)(OC)C(C)OC(=O)COc1ccccc1F. The molecule has 0 fully saturated rings. The molecule has 0 heterocycles. The van der Waals surface area contributed by atoms with Crippen LogP contribution in [0.4, 0.5) is 4.39 Å². The number of carbonyl (C=O) groups excluding carboxylic acids is 1. The summed E-state index contributed by atoms with van der Waals surface area (Å²) in [5.41, 5.74) is 0. The number of esters is 1. The quantitative estimate of drug-likeness (QED) is 0.569. The van der Waals surface area contributed by atoms with Gasteiger partial charge in [-0.25, -0.2) is 9.18 Å². The first-order valence-corrected chi connectivity index (χ1v) is 7.32. The second-order valence-corrected chi connectivity index (χ2v) is 6.25. The molecule has 20 heavy (non-hydrogen) atoms. The molecule has 0 N–H and O–H groups in total. The smallest absolute Gasteiger partial charge is 0.370 e. The number of rotatable bonds is 7. The second-order valence-electron chi connectivity index (χ2n) is 3.71. The highest BCUT2D eigenvalue weighted by atomic mass is 31.2. The minimum Gasteiger partial charge on any atom is -0.479 e. The van der Waals surface area contributed by atoms with Gasteiger partial charge in [0.2, 0.25) is 0 Å². The van der Waals surface area contributed by atoms with Crippen molar-refractivity contribution >= 4 is 13.6 Å². The van der Waals surface area contributed by atoms with Gasteiger partial charge in [-0.1, -0.05) is 12.1 Å². The largest absolute Gasteiger partial charge is 0.479 e. The van der Waals surface area contributed by atoms with Crippen molar-refractivity contribution in [3.05, 3.63) is 30.1 Å². The Balaban J connectivity index is 2.53. The van der Waals surface area contributed by atoms with Crippen molar-refractivity contribution in [1.29, 1.82) is 0 Å². The lowest BCUT2D eigenvalue weighted by Crippen LogP contribution is -2.22. The van der Waals surface area contributed by atoms with E-state index in [4.69, 9.17) is 9.47 Å². The molecule has 0 aliphatic heterocycles. The maximum absolute atomic E-state index is 13.2. The number of ether oxygens (including phenoxy) is 2. The van der Waals surface area contributed by atoms with Crippen LogP contribution in [0.15, 0.2) is 24.3 Å². The van der Waals surface area contributed by atoms with Gasteiger partial charge in [-0.05, 0) is 19.1 Å². The Kier molecular flexibility index (Phi) is 6.13. The zero-order chi connectivity index (χ0) is 15.2. The first kappa shape index (κ1) is 16.6. The Labute approximate surface area is 116 Å². The van der Waals surface area contributed by atoms with Crippen molar-refractivity contribution in [3.63, 3.8) is 0 Å². The minimum absolute atomic E-state index is 0.0706. The topological polar surface area (TPSA) is 71.1 Å². The monoisotopic (exact) mass is 306 g/mol. The lowest BCUT2D eigenvalue weighted by molar-refractivity contribution is -0.148. The van der Waals surface area contributed by atoms with E-state index >= 15 is 0 Å². The molecule has 112 valence electrons. The Hall–Kier alpha value is -1.43. The number of hydrogen-bond acceptors (Lipinski definition) is 6. The van der Waals surface area contributed by atoms with Crippen LogP contribution in [0.5, 0.6) is 5.75 Å². The number of hydrogen-bond donors (Lipinski definition) is 0. The predicted molar refractivity (Wildman–Crippen MR) is 69.1 cm³/mol. The van der Waals surface area contributed by atoms with Crippen LogP contribution in [0.25, 0.3) is 0 Å². The summed E-state index contributed by atoms with van der Waals surface area (Å²) in [5, 5.41) is 0. The Bertz CT molecular complexity index is 498. The van der Waals surface area contributed by atoms with E-state index in [2.05, 4.69) is 9.05 Å². The van der Waals surface area contributed by atoms with Gasteiger partial charge in [-0.2, -0.15) is 0 Å². The van der Waals surface area contributed by atoms with Crippen LogP contribution < -0.4 is 4.74 Å². The third kappa shape index (κ3) is 4.30. The molecule has 1 unspecified atom stereocenters. The molecule has 0 amide bonds. The van der Waals surface area contributed by atoms with Gasteiger partial charge >= 0.3 is 13.6 Å². The fourth-order valence-electron chi connectivity index (χ4n) is 1.36. The van der Waals surface area contributed by atoms with Gasteiger partial charge in [0.1, 0.15) is 0 Å². The van der Waals surface area contributed by atoms with Gasteiger partial charge in [0.25, 0.3) is 0 Å². The van der Waals surface area contributed by atoms with Gasteiger partial charge in [-0.3, -0.25) is 4.57 Å². The predicted octanol–water partition coefficient (Wildman–Crippen LogP) is 2.58. The molecule has 0 saturated heterocycles. The van der Waals surface area contributed by atoms with Crippen LogP contribution >= 0.6 is 7.60 Å². The molecule has 0 saturated carbocycles. The average molecular weight is 306 g/mol. The molecule has 0 aromatic heterocycles. The Morgan fingerprint density at radius 1 is 1.30 bits per heavy atom. The van der Waals surface area contributed by atoms with Crippen LogP contribution in [0, 0.1) is 5.82 Å². The summed E-state index contributed by atoms with van der Waals surface area (Å²) in [6, 6.07) is 5.64. The lowest BCUT2D eigenvalue weighted by Gasteiger charge is -2.20. The molecule has 0 aliphatic carbocycles. The molecule has 0 spiro atoms.